The first-order chi connectivity index (χ1) is 14.5. The van der Waals surface area contributed by atoms with Crippen molar-refractivity contribution in [3.63, 3.8) is 0 Å². The number of phenols is 2. The van der Waals surface area contributed by atoms with Gasteiger partial charge in [-0.2, -0.15) is 0 Å². The molecule has 5 rings (SSSR count). The molecule has 0 aromatic heterocycles. The number of rotatable bonds is 2. The zero-order chi connectivity index (χ0) is 20.8. The lowest BCUT2D eigenvalue weighted by atomic mass is 9.88. The van der Waals surface area contributed by atoms with Gasteiger partial charge in [0.1, 0.15) is 11.5 Å². The minimum atomic E-state index is 0.253. The number of hydrogen-bond donors (Lipinski definition) is 2. The SMILES string of the molecule is Cc1cc(-c2ccc(O)cc2)c2c(ccc3cc(Br)cc(-c4ccc(O)cc4)c32)c1. The molecule has 0 unspecified atom stereocenters. The fraction of sp³-hybridized carbons (Fsp3) is 0.0370. The molecule has 0 spiro atoms. The first-order valence-electron chi connectivity index (χ1n) is 9.75. The molecule has 0 atom stereocenters. The van der Waals surface area contributed by atoms with Gasteiger partial charge in [0.25, 0.3) is 0 Å². The molecule has 0 radical (unpaired) electrons. The maximum absolute atomic E-state index is 9.76. The van der Waals surface area contributed by atoms with E-state index in [1.807, 2.05) is 24.3 Å². The monoisotopic (exact) mass is 454 g/mol. The molecular formula is C27H19BrO2. The smallest absolute Gasteiger partial charge is 0.115 e. The number of phenolic OH excluding ortho intramolecular Hbond substituents is 2. The quantitative estimate of drug-likeness (QED) is 0.267. The van der Waals surface area contributed by atoms with E-state index in [1.165, 1.54) is 21.7 Å². The lowest BCUT2D eigenvalue weighted by molar-refractivity contribution is 0.475. The van der Waals surface area contributed by atoms with E-state index < -0.39 is 0 Å². The van der Waals surface area contributed by atoms with Crippen LogP contribution in [0, 0.1) is 6.92 Å². The van der Waals surface area contributed by atoms with Crippen molar-refractivity contribution in [1.29, 1.82) is 0 Å². The highest BCUT2D eigenvalue weighted by Gasteiger charge is 2.14. The van der Waals surface area contributed by atoms with Gasteiger partial charge in [-0.05, 0) is 92.7 Å². The Kier molecular flexibility index (Phi) is 4.48. The van der Waals surface area contributed by atoms with E-state index in [9.17, 15) is 10.2 Å². The second kappa shape index (κ2) is 7.19. The van der Waals surface area contributed by atoms with Crippen LogP contribution in [0.2, 0.25) is 0 Å². The van der Waals surface area contributed by atoms with Gasteiger partial charge < -0.3 is 10.2 Å². The Bertz CT molecular complexity index is 1290. The summed E-state index contributed by atoms with van der Waals surface area (Å²) in [4.78, 5) is 0. The molecule has 0 bridgehead atoms. The Morgan fingerprint density at radius 3 is 1.57 bits per heavy atom. The molecule has 0 saturated carbocycles. The molecule has 5 aromatic carbocycles. The minimum Gasteiger partial charge on any atom is -0.508 e. The molecule has 0 aliphatic rings. The van der Waals surface area contributed by atoms with Crippen LogP contribution < -0.4 is 0 Å². The second-order valence-electron chi connectivity index (χ2n) is 7.62. The molecule has 3 heteroatoms. The van der Waals surface area contributed by atoms with Crippen LogP contribution in [0.25, 0.3) is 43.8 Å². The first kappa shape index (κ1) is 18.7. The van der Waals surface area contributed by atoms with Gasteiger partial charge in [0.2, 0.25) is 0 Å². The van der Waals surface area contributed by atoms with Crippen molar-refractivity contribution < 1.29 is 10.2 Å². The van der Waals surface area contributed by atoms with E-state index in [0.717, 1.165) is 32.1 Å². The Hall–Kier alpha value is -3.30. The summed E-state index contributed by atoms with van der Waals surface area (Å²) in [6.45, 7) is 2.11. The van der Waals surface area contributed by atoms with E-state index in [-0.39, 0.29) is 11.5 Å². The van der Waals surface area contributed by atoms with Gasteiger partial charge in [-0.1, -0.05) is 64.5 Å². The molecule has 146 valence electrons. The van der Waals surface area contributed by atoms with Crippen molar-refractivity contribution in [1.82, 2.24) is 0 Å². The van der Waals surface area contributed by atoms with Gasteiger partial charge >= 0.3 is 0 Å². The summed E-state index contributed by atoms with van der Waals surface area (Å²) in [5.41, 5.74) is 5.54. The third kappa shape index (κ3) is 3.21. The Balaban J connectivity index is 1.95. The van der Waals surface area contributed by atoms with Crippen molar-refractivity contribution in [3.8, 4) is 33.8 Å². The van der Waals surface area contributed by atoms with Crippen LogP contribution >= 0.6 is 15.9 Å². The summed E-state index contributed by atoms with van der Waals surface area (Å²) >= 11 is 3.66. The summed E-state index contributed by atoms with van der Waals surface area (Å²) in [6.07, 6.45) is 0. The Morgan fingerprint density at radius 1 is 0.567 bits per heavy atom. The van der Waals surface area contributed by atoms with E-state index >= 15 is 0 Å². The fourth-order valence-corrected chi connectivity index (χ4v) is 4.66. The topological polar surface area (TPSA) is 40.5 Å². The molecule has 0 aliphatic carbocycles. The van der Waals surface area contributed by atoms with Gasteiger partial charge in [-0.15, -0.1) is 0 Å². The fourth-order valence-electron chi connectivity index (χ4n) is 4.18. The molecule has 30 heavy (non-hydrogen) atoms. The Labute approximate surface area is 183 Å². The maximum atomic E-state index is 9.76. The normalized spacial score (nSPS) is 11.3. The van der Waals surface area contributed by atoms with E-state index in [0.29, 0.717) is 0 Å². The van der Waals surface area contributed by atoms with Crippen molar-refractivity contribution in [2.75, 3.05) is 0 Å². The molecule has 0 amide bonds. The molecule has 0 saturated heterocycles. The summed E-state index contributed by atoms with van der Waals surface area (Å²) in [7, 11) is 0. The zero-order valence-electron chi connectivity index (χ0n) is 16.4. The summed E-state index contributed by atoms with van der Waals surface area (Å²) in [5.74, 6) is 0.512. The second-order valence-corrected chi connectivity index (χ2v) is 8.54. The van der Waals surface area contributed by atoms with Crippen LogP contribution in [0.3, 0.4) is 0 Å². The van der Waals surface area contributed by atoms with E-state index in [2.05, 4.69) is 59.3 Å². The predicted octanol–water partition coefficient (Wildman–Crippen LogP) is 7.81. The van der Waals surface area contributed by atoms with Gasteiger partial charge in [-0.25, -0.2) is 0 Å². The first-order valence-corrected chi connectivity index (χ1v) is 10.5. The Morgan fingerprint density at radius 2 is 1.03 bits per heavy atom. The molecule has 2 nitrogen and oxygen atoms in total. The van der Waals surface area contributed by atoms with Crippen LogP contribution in [0.4, 0.5) is 0 Å². The zero-order valence-corrected chi connectivity index (χ0v) is 17.9. The van der Waals surface area contributed by atoms with Gasteiger partial charge in [0.05, 0.1) is 0 Å². The third-order valence-electron chi connectivity index (χ3n) is 5.50. The van der Waals surface area contributed by atoms with E-state index in [4.69, 9.17) is 0 Å². The summed E-state index contributed by atoms with van der Waals surface area (Å²) in [5, 5.41) is 24.2. The minimum absolute atomic E-state index is 0.253. The average Bonchev–Trinajstić information content (AvgIpc) is 2.73. The number of fused-ring (bicyclic) bond motifs is 3. The average molecular weight is 455 g/mol. The molecule has 0 heterocycles. The number of halogens is 1. The molecular weight excluding hydrogens is 436 g/mol. The molecule has 0 aliphatic heterocycles. The number of aryl methyl sites for hydroxylation is 1. The highest BCUT2D eigenvalue weighted by molar-refractivity contribution is 9.10. The number of benzene rings is 5. The molecule has 0 fully saturated rings. The summed E-state index contributed by atoms with van der Waals surface area (Å²) < 4.78 is 1.01. The van der Waals surface area contributed by atoms with Gasteiger partial charge in [0, 0.05) is 4.47 Å². The third-order valence-corrected chi connectivity index (χ3v) is 5.95. The highest BCUT2D eigenvalue weighted by Crippen LogP contribution is 2.42. The summed E-state index contributed by atoms with van der Waals surface area (Å²) in [6, 6.07) is 27.7. The van der Waals surface area contributed by atoms with Gasteiger partial charge in [-0.3, -0.25) is 0 Å². The van der Waals surface area contributed by atoms with Gasteiger partial charge in [0.15, 0.2) is 0 Å². The predicted molar refractivity (Wildman–Crippen MR) is 128 cm³/mol. The molecule has 2 N–H and O–H groups in total. The van der Waals surface area contributed by atoms with Crippen molar-refractivity contribution in [3.05, 3.63) is 95.0 Å². The lowest BCUT2D eigenvalue weighted by Gasteiger charge is -2.16. The van der Waals surface area contributed by atoms with Crippen LogP contribution in [0.15, 0.2) is 89.4 Å². The largest absolute Gasteiger partial charge is 0.508 e. The maximum Gasteiger partial charge on any atom is 0.115 e. The number of hydrogen-bond acceptors (Lipinski definition) is 2. The van der Waals surface area contributed by atoms with Crippen LogP contribution in [-0.2, 0) is 0 Å². The number of aromatic hydroxyl groups is 2. The van der Waals surface area contributed by atoms with Crippen molar-refractivity contribution >= 4 is 37.5 Å². The highest BCUT2D eigenvalue weighted by atomic mass is 79.9. The van der Waals surface area contributed by atoms with Crippen LogP contribution in [0.5, 0.6) is 11.5 Å². The van der Waals surface area contributed by atoms with Crippen molar-refractivity contribution in [2.24, 2.45) is 0 Å². The van der Waals surface area contributed by atoms with Crippen molar-refractivity contribution in [2.45, 2.75) is 6.92 Å². The van der Waals surface area contributed by atoms with Crippen LogP contribution in [-0.4, -0.2) is 10.2 Å². The van der Waals surface area contributed by atoms with Crippen LogP contribution in [0.1, 0.15) is 5.56 Å². The standard InChI is InChI=1S/C27H19BrO2/c1-16-12-19-2-3-20-14-21(28)15-25(18-6-10-23(30)11-7-18)27(20)26(19)24(13-16)17-4-8-22(29)9-5-17/h2-15,29-30H,1H3. The van der Waals surface area contributed by atoms with E-state index in [1.54, 1.807) is 24.3 Å². The molecule has 5 aromatic rings. The lowest BCUT2D eigenvalue weighted by Crippen LogP contribution is -1.89.